The van der Waals surface area contributed by atoms with Crippen molar-refractivity contribution in [3.8, 4) is 5.75 Å². The van der Waals surface area contributed by atoms with Crippen LogP contribution < -0.4 is 0 Å². The summed E-state index contributed by atoms with van der Waals surface area (Å²) in [6.07, 6.45) is 1.47. The molecule has 0 aromatic heterocycles. The molecule has 0 amide bonds. The Kier molecular flexibility index (Phi) is 3.54. The SMILES string of the molecule is O=S(=O)(c1cc(Cl)cc(Cl)c1O)N1[CH]CCC1. The molecule has 0 aliphatic carbocycles. The number of hydrogen-bond donors (Lipinski definition) is 1. The van der Waals surface area contributed by atoms with Crippen molar-refractivity contribution in [2.24, 2.45) is 0 Å². The monoisotopic (exact) mass is 294 g/mol. The first kappa shape index (κ1) is 13.0. The lowest BCUT2D eigenvalue weighted by Gasteiger charge is -2.16. The van der Waals surface area contributed by atoms with E-state index in [1.165, 1.54) is 16.4 Å². The van der Waals surface area contributed by atoms with Gasteiger partial charge < -0.3 is 5.11 Å². The molecule has 1 aromatic rings. The van der Waals surface area contributed by atoms with E-state index in [0.29, 0.717) is 13.0 Å². The highest BCUT2D eigenvalue weighted by atomic mass is 35.5. The maximum Gasteiger partial charge on any atom is 0.247 e. The van der Waals surface area contributed by atoms with Gasteiger partial charge in [-0.1, -0.05) is 23.2 Å². The van der Waals surface area contributed by atoms with Crippen LogP contribution in [0.25, 0.3) is 0 Å². The van der Waals surface area contributed by atoms with Crippen molar-refractivity contribution in [1.82, 2.24) is 4.31 Å². The number of phenolic OH excluding ortho intramolecular Hbond substituents is 1. The smallest absolute Gasteiger partial charge is 0.247 e. The van der Waals surface area contributed by atoms with E-state index in [9.17, 15) is 13.5 Å². The molecule has 2 rings (SSSR count). The quantitative estimate of drug-likeness (QED) is 0.912. The molecule has 1 N–H and O–H groups in total. The lowest BCUT2D eigenvalue weighted by atomic mass is 10.3. The first-order valence-electron chi connectivity index (χ1n) is 4.96. The van der Waals surface area contributed by atoms with Gasteiger partial charge in [0.25, 0.3) is 0 Å². The fourth-order valence-electron chi connectivity index (χ4n) is 1.66. The molecule has 0 unspecified atom stereocenters. The third-order valence-electron chi connectivity index (χ3n) is 2.50. The van der Waals surface area contributed by atoms with Crippen LogP contribution in [0.4, 0.5) is 0 Å². The standard InChI is InChI=1S/C10H10Cl2NO3S/c11-7-5-8(12)10(14)9(6-7)17(15,16)13-3-1-2-4-13/h3,5-6,14H,1-2,4H2. The third kappa shape index (κ3) is 2.38. The summed E-state index contributed by atoms with van der Waals surface area (Å²) in [7, 11) is -3.76. The molecule has 1 aliphatic rings. The molecule has 0 spiro atoms. The molecule has 1 radical (unpaired) electrons. The average molecular weight is 295 g/mol. The van der Waals surface area contributed by atoms with Crippen molar-refractivity contribution in [2.75, 3.05) is 6.54 Å². The zero-order valence-electron chi connectivity index (χ0n) is 8.73. The first-order chi connectivity index (χ1) is 7.93. The van der Waals surface area contributed by atoms with Crippen molar-refractivity contribution in [1.29, 1.82) is 0 Å². The van der Waals surface area contributed by atoms with Crippen molar-refractivity contribution in [2.45, 2.75) is 17.7 Å². The fourth-order valence-corrected chi connectivity index (χ4v) is 3.83. The van der Waals surface area contributed by atoms with Gasteiger partial charge in [0.15, 0.2) is 5.75 Å². The van der Waals surface area contributed by atoms with E-state index >= 15 is 0 Å². The van der Waals surface area contributed by atoms with Gasteiger partial charge in [0.2, 0.25) is 10.0 Å². The van der Waals surface area contributed by atoms with E-state index in [4.69, 9.17) is 23.2 Å². The third-order valence-corrected chi connectivity index (χ3v) is 4.82. The summed E-state index contributed by atoms with van der Waals surface area (Å²) in [4.78, 5) is -0.256. The highest BCUT2D eigenvalue weighted by molar-refractivity contribution is 7.89. The number of sulfonamides is 1. The fraction of sp³-hybridized carbons (Fsp3) is 0.300. The summed E-state index contributed by atoms with van der Waals surface area (Å²) in [5.74, 6) is -0.462. The Morgan fingerprint density at radius 3 is 2.59 bits per heavy atom. The molecule has 17 heavy (non-hydrogen) atoms. The molecule has 7 heteroatoms. The van der Waals surface area contributed by atoms with Crippen LogP contribution in [0.5, 0.6) is 5.75 Å². The average Bonchev–Trinajstić information content (AvgIpc) is 2.76. The summed E-state index contributed by atoms with van der Waals surface area (Å²) in [6, 6.07) is 2.50. The molecular formula is C10H10Cl2NO3S. The molecule has 0 atom stereocenters. The van der Waals surface area contributed by atoms with Crippen molar-refractivity contribution in [3.05, 3.63) is 28.7 Å². The van der Waals surface area contributed by atoms with Gasteiger partial charge in [-0.3, -0.25) is 0 Å². The summed E-state index contributed by atoms with van der Waals surface area (Å²) in [6.45, 7) is 2.00. The molecular weight excluding hydrogens is 285 g/mol. The lowest BCUT2D eigenvalue weighted by Crippen LogP contribution is -2.25. The number of nitrogens with zero attached hydrogens (tertiary/aromatic N) is 1. The minimum Gasteiger partial charge on any atom is -0.505 e. The van der Waals surface area contributed by atoms with Gasteiger partial charge in [0.05, 0.1) is 5.02 Å². The van der Waals surface area contributed by atoms with Gasteiger partial charge in [-0.15, -0.1) is 0 Å². The van der Waals surface area contributed by atoms with Gasteiger partial charge in [0.1, 0.15) is 4.90 Å². The van der Waals surface area contributed by atoms with E-state index < -0.39 is 15.8 Å². The van der Waals surface area contributed by atoms with E-state index in [1.54, 1.807) is 6.54 Å². The molecule has 1 aromatic carbocycles. The topological polar surface area (TPSA) is 57.6 Å². The van der Waals surface area contributed by atoms with Gasteiger partial charge in [-0.25, -0.2) is 8.42 Å². The van der Waals surface area contributed by atoms with Gasteiger partial charge >= 0.3 is 0 Å². The number of hydrogen-bond acceptors (Lipinski definition) is 3. The Balaban J connectivity index is 2.52. The van der Waals surface area contributed by atoms with Crippen LogP contribution in [-0.4, -0.2) is 24.4 Å². The molecule has 1 heterocycles. The van der Waals surface area contributed by atoms with E-state index in [1.807, 2.05) is 0 Å². The highest BCUT2D eigenvalue weighted by Crippen LogP contribution is 2.36. The van der Waals surface area contributed by atoms with Crippen LogP contribution in [-0.2, 0) is 10.0 Å². The number of aromatic hydroxyl groups is 1. The van der Waals surface area contributed by atoms with E-state index in [2.05, 4.69) is 0 Å². The summed E-state index contributed by atoms with van der Waals surface area (Å²) in [5.41, 5.74) is 0. The highest BCUT2D eigenvalue weighted by Gasteiger charge is 2.30. The summed E-state index contributed by atoms with van der Waals surface area (Å²) in [5, 5.41) is 9.81. The van der Waals surface area contributed by atoms with Crippen LogP contribution in [0.1, 0.15) is 12.8 Å². The zero-order chi connectivity index (χ0) is 12.6. The maximum absolute atomic E-state index is 12.2. The number of rotatable bonds is 2. The number of benzene rings is 1. The Labute approximate surface area is 110 Å². The predicted octanol–water partition coefficient (Wildman–Crippen LogP) is 2.65. The Morgan fingerprint density at radius 1 is 1.29 bits per heavy atom. The van der Waals surface area contributed by atoms with Crippen LogP contribution in [0.3, 0.4) is 0 Å². The molecule has 1 aliphatic heterocycles. The normalized spacial score (nSPS) is 17.5. The summed E-state index contributed by atoms with van der Waals surface area (Å²) < 4.78 is 25.6. The van der Waals surface area contributed by atoms with Gasteiger partial charge in [-0.2, -0.15) is 4.31 Å². The lowest BCUT2D eigenvalue weighted by molar-refractivity contribution is 0.451. The molecule has 0 saturated carbocycles. The van der Waals surface area contributed by atoms with Crippen molar-refractivity contribution >= 4 is 33.2 Å². The van der Waals surface area contributed by atoms with Crippen LogP contribution in [0, 0.1) is 6.54 Å². The molecule has 4 nitrogen and oxygen atoms in total. The number of phenols is 1. The molecule has 1 saturated heterocycles. The largest absolute Gasteiger partial charge is 0.505 e. The van der Waals surface area contributed by atoms with Crippen LogP contribution in [0.15, 0.2) is 17.0 Å². The minimum absolute atomic E-state index is 0.0738. The first-order valence-corrected chi connectivity index (χ1v) is 7.15. The van der Waals surface area contributed by atoms with Crippen LogP contribution >= 0.6 is 23.2 Å². The van der Waals surface area contributed by atoms with Crippen molar-refractivity contribution < 1.29 is 13.5 Å². The van der Waals surface area contributed by atoms with E-state index in [0.717, 1.165) is 6.42 Å². The number of halogens is 2. The van der Waals surface area contributed by atoms with Crippen molar-refractivity contribution in [3.63, 3.8) is 0 Å². The Bertz CT molecular complexity index is 539. The molecule has 1 fully saturated rings. The molecule has 93 valence electrons. The Hall–Kier alpha value is -0.490. The predicted molar refractivity (Wildman–Crippen MR) is 65.6 cm³/mol. The Morgan fingerprint density at radius 2 is 2.00 bits per heavy atom. The minimum atomic E-state index is -3.76. The summed E-state index contributed by atoms with van der Waals surface area (Å²) >= 11 is 11.5. The van der Waals surface area contributed by atoms with Gasteiger partial charge in [-0.05, 0) is 25.0 Å². The second-order valence-electron chi connectivity index (χ2n) is 3.67. The maximum atomic E-state index is 12.2. The van der Waals surface area contributed by atoms with Gasteiger partial charge in [0, 0.05) is 18.1 Å². The van der Waals surface area contributed by atoms with Crippen LogP contribution in [0.2, 0.25) is 10.0 Å². The zero-order valence-corrected chi connectivity index (χ0v) is 11.1. The van der Waals surface area contributed by atoms with E-state index in [-0.39, 0.29) is 14.9 Å². The second kappa shape index (κ2) is 4.65. The second-order valence-corrected chi connectivity index (χ2v) is 6.38. The molecule has 0 bridgehead atoms.